The predicted molar refractivity (Wildman–Crippen MR) is 82.9 cm³/mol. The van der Waals surface area contributed by atoms with Crippen molar-refractivity contribution in [2.75, 3.05) is 19.1 Å². The number of aryl methyl sites for hydroxylation is 1. The van der Waals surface area contributed by atoms with Crippen molar-refractivity contribution in [3.8, 4) is 0 Å². The molecule has 0 aromatic heterocycles. The van der Waals surface area contributed by atoms with Crippen LogP contribution in [-0.2, 0) is 19.1 Å². The first-order chi connectivity index (χ1) is 11.4. The highest BCUT2D eigenvalue weighted by Gasteiger charge is 2.30. The molecule has 0 fully saturated rings. The third-order valence-electron chi connectivity index (χ3n) is 3.39. The zero-order valence-electron chi connectivity index (χ0n) is 13.3. The van der Waals surface area contributed by atoms with Gasteiger partial charge in [0.2, 0.25) is 0 Å². The number of ether oxygens (including phenoxy) is 2. The first-order valence-corrected chi connectivity index (χ1v) is 6.92. The van der Waals surface area contributed by atoms with E-state index in [4.69, 9.17) is 0 Å². The van der Waals surface area contributed by atoms with E-state index in [0.717, 1.165) is 25.2 Å². The molecule has 24 heavy (non-hydrogen) atoms. The monoisotopic (exact) mass is 335 g/mol. The Balaban J connectivity index is 2.78. The SMILES string of the molecule is COC(=O)C1=C(C(=O)OC)N(c2c(F)ccc(C)c2F)C=CC=C1. The molecule has 1 aromatic carbocycles. The summed E-state index contributed by atoms with van der Waals surface area (Å²) in [5.74, 6) is -3.52. The number of halogens is 2. The van der Waals surface area contributed by atoms with Crippen LogP contribution in [0.1, 0.15) is 5.56 Å². The van der Waals surface area contributed by atoms with E-state index in [0.29, 0.717) is 0 Å². The van der Waals surface area contributed by atoms with Crippen LogP contribution in [0.25, 0.3) is 0 Å². The highest BCUT2D eigenvalue weighted by molar-refractivity contribution is 6.05. The van der Waals surface area contributed by atoms with E-state index in [2.05, 4.69) is 9.47 Å². The lowest BCUT2D eigenvalue weighted by Crippen LogP contribution is -2.28. The van der Waals surface area contributed by atoms with Gasteiger partial charge in [0.1, 0.15) is 17.2 Å². The normalized spacial score (nSPS) is 13.8. The van der Waals surface area contributed by atoms with Gasteiger partial charge in [0.15, 0.2) is 5.82 Å². The van der Waals surface area contributed by atoms with Crippen LogP contribution in [0.15, 0.2) is 47.8 Å². The van der Waals surface area contributed by atoms with Crippen molar-refractivity contribution in [1.29, 1.82) is 0 Å². The molecule has 0 aliphatic carbocycles. The first kappa shape index (κ1) is 17.4. The summed E-state index contributed by atoms with van der Waals surface area (Å²) in [6, 6.07) is 2.35. The third-order valence-corrected chi connectivity index (χ3v) is 3.39. The van der Waals surface area contributed by atoms with Gasteiger partial charge in [-0.25, -0.2) is 18.4 Å². The molecule has 0 saturated carbocycles. The van der Waals surface area contributed by atoms with Crippen molar-refractivity contribution in [2.45, 2.75) is 6.92 Å². The van der Waals surface area contributed by atoms with Gasteiger partial charge in [0, 0.05) is 6.20 Å². The maximum Gasteiger partial charge on any atom is 0.355 e. The molecule has 5 nitrogen and oxygen atoms in total. The first-order valence-electron chi connectivity index (χ1n) is 6.92. The molecule has 2 rings (SSSR count). The fourth-order valence-corrected chi connectivity index (χ4v) is 2.20. The summed E-state index contributed by atoms with van der Waals surface area (Å²) >= 11 is 0. The van der Waals surface area contributed by atoms with Gasteiger partial charge in [-0.1, -0.05) is 12.1 Å². The molecule has 1 aliphatic heterocycles. The van der Waals surface area contributed by atoms with E-state index in [-0.39, 0.29) is 16.8 Å². The van der Waals surface area contributed by atoms with Crippen LogP contribution in [-0.4, -0.2) is 26.2 Å². The largest absolute Gasteiger partial charge is 0.465 e. The molecule has 7 heteroatoms. The summed E-state index contributed by atoms with van der Waals surface area (Å²) in [4.78, 5) is 25.1. The zero-order chi connectivity index (χ0) is 17.9. The van der Waals surface area contributed by atoms with Crippen LogP contribution in [0.4, 0.5) is 14.5 Å². The van der Waals surface area contributed by atoms with E-state index in [1.807, 2.05) is 0 Å². The Morgan fingerprint density at radius 2 is 1.71 bits per heavy atom. The average molecular weight is 335 g/mol. The van der Waals surface area contributed by atoms with Crippen LogP contribution in [0.2, 0.25) is 0 Å². The molecule has 126 valence electrons. The quantitative estimate of drug-likeness (QED) is 0.795. The maximum absolute atomic E-state index is 14.5. The van der Waals surface area contributed by atoms with Gasteiger partial charge in [-0.3, -0.25) is 0 Å². The Kier molecular flexibility index (Phi) is 5.13. The van der Waals surface area contributed by atoms with Crippen LogP contribution >= 0.6 is 0 Å². The number of anilines is 1. The van der Waals surface area contributed by atoms with E-state index < -0.39 is 29.3 Å². The topological polar surface area (TPSA) is 55.8 Å². The van der Waals surface area contributed by atoms with Gasteiger partial charge in [-0.15, -0.1) is 0 Å². The van der Waals surface area contributed by atoms with E-state index in [1.165, 1.54) is 37.4 Å². The number of rotatable bonds is 3. The number of hydrogen-bond acceptors (Lipinski definition) is 5. The number of allylic oxidation sites excluding steroid dienone is 2. The Hall–Kier alpha value is -2.96. The standard InChI is InChI=1S/C17H15F2NO4/c1-10-7-8-12(18)15(13(10)19)20-9-5-4-6-11(16(21)23-2)14(20)17(22)24-3/h4-9H,1-3H3. The summed E-state index contributed by atoms with van der Waals surface area (Å²) in [6.45, 7) is 1.46. The lowest BCUT2D eigenvalue weighted by Gasteiger charge is -2.24. The minimum Gasteiger partial charge on any atom is -0.465 e. The highest BCUT2D eigenvalue weighted by Crippen LogP contribution is 2.32. The van der Waals surface area contributed by atoms with Gasteiger partial charge in [-0.05, 0) is 30.7 Å². The van der Waals surface area contributed by atoms with E-state index in [1.54, 1.807) is 0 Å². The molecule has 1 aromatic rings. The minimum atomic E-state index is -0.938. The molecule has 0 radical (unpaired) electrons. The Labute approximate surface area is 137 Å². The Bertz CT molecular complexity index is 781. The third kappa shape index (κ3) is 3.05. The van der Waals surface area contributed by atoms with Crippen molar-refractivity contribution in [2.24, 2.45) is 0 Å². The molecule has 1 aliphatic rings. The van der Waals surface area contributed by atoms with Gasteiger partial charge in [-0.2, -0.15) is 0 Å². The van der Waals surface area contributed by atoms with Gasteiger partial charge < -0.3 is 14.4 Å². The molecule has 0 bridgehead atoms. The maximum atomic E-state index is 14.5. The Morgan fingerprint density at radius 3 is 2.33 bits per heavy atom. The van der Waals surface area contributed by atoms with Gasteiger partial charge >= 0.3 is 11.9 Å². The van der Waals surface area contributed by atoms with Crippen molar-refractivity contribution >= 4 is 17.6 Å². The summed E-state index contributed by atoms with van der Waals surface area (Å²) in [6.07, 6.45) is 5.45. The lowest BCUT2D eigenvalue weighted by molar-refractivity contribution is -0.139. The van der Waals surface area contributed by atoms with Crippen LogP contribution in [0.5, 0.6) is 0 Å². The molecule has 0 spiro atoms. The average Bonchev–Trinajstić information content (AvgIpc) is 2.80. The molecule has 0 saturated heterocycles. The summed E-state index contributed by atoms with van der Waals surface area (Å²) in [5, 5.41) is 0. The molecular formula is C17H15F2NO4. The number of hydrogen-bond donors (Lipinski definition) is 0. The van der Waals surface area contributed by atoms with Crippen molar-refractivity contribution in [3.05, 3.63) is 65.0 Å². The van der Waals surface area contributed by atoms with Crippen molar-refractivity contribution in [1.82, 2.24) is 0 Å². The summed E-state index contributed by atoms with van der Waals surface area (Å²) < 4.78 is 38.1. The molecule has 0 unspecified atom stereocenters. The number of carbonyl (C=O) groups is 2. The van der Waals surface area contributed by atoms with Crippen LogP contribution < -0.4 is 4.90 Å². The molecule has 1 heterocycles. The van der Waals surface area contributed by atoms with Gasteiger partial charge in [0.05, 0.1) is 19.8 Å². The number of benzene rings is 1. The van der Waals surface area contributed by atoms with Crippen molar-refractivity contribution in [3.63, 3.8) is 0 Å². The van der Waals surface area contributed by atoms with Gasteiger partial charge in [0.25, 0.3) is 0 Å². The molecule has 0 N–H and O–H groups in total. The molecule has 0 atom stereocenters. The highest BCUT2D eigenvalue weighted by atomic mass is 19.1. The van der Waals surface area contributed by atoms with Crippen molar-refractivity contribution < 1.29 is 27.8 Å². The number of carbonyl (C=O) groups excluding carboxylic acids is 2. The van der Waals surface area contributed by atoms with Crippen LogP contribution in [0, 0.1) is 18.6 Å². The van der Waals surface area contributed by atoms with E-state index in [9.17, 15) is 18.4 Å². The second kappa shape index (κ2) is 7.08. The van der Waals surface area contributed by atoms with E-state index >= 15 is 0 Å². The smallest absolute Gasteiger partial charge is 0.355 e. The summed E-state index contributed by atoms with van der Waals surface area (Å²) in [5.41, 5.74) is -0.843. The second-order valence-corrected chi connectivity index (χ2v) is 4.84. The molecular weight excluding hydrogens is 320 g/mol. The summed E-state index contributed by atoms with van der Waals surface area (Å²) in [7, 11) is 2.23. The number of esters is 2. The zero-order valence-corrected chi connectivity index (χ0v) is 13.3. The fourth-order valence-electron chi connectivity index (χ4n) is 2.20. The number of methoxy groups -OCH3 is 2. The Morgan fingerprint density at radius 1 is 1.04 bits per heavy atom. The van der Waals surface area contributed by atoms with Crippen LogP contribution in [0.3, 0.4) is 0 Å². The predicted octanol–water partition coefficient (Wildman–Crippen LogP) is 2.76. The molecule has 0 amide bonds. The lowest BCUT2D eigenvalue weighted by atomic mass is 10.1. The number of nitrogens with zero attached hydrogens (tertiary/aromatic N) is 1. The fraction of sp³-hybridized carbons (Fsp3) is 0.176. The minimum absolute atomic E-state index is 0.181. The second-order valence-electron chi connectivity index (χ2n) is 4.84.